The number of aromatic nitrogens is 1. The number of sulfonamides is 1. The molecule has 20 heavy (non-hydrogen) atoms. The maximum Gasteiger partial charge on any atom is 0.254 e. The first-order valence-electron chi connectivity index (χ1n) is 6.11. The topological polar surface area (TPSA) is 50.3 Å². The maximum absolute atomic E-state index is 12.5. The minimum absolute atomic E-state index is 0.179. The molecule has 1 heterocycles. The average molecular weight is 331 g/mol. The van der Waals surface area contributed by atoms with Gasteiger partial charge in [-0.15, -0.1) is 0 Å². The van der Waals surface area contributed by atoms with Gasteiger partial charge in [0.05, 0.1) is 6.20 Å². The predicted molar refractivity (Wildman–Crippen MR) is 81.6 cm³/mol. The zero-order valence-electron chi connectivity index (χ0n) is 11.2. The number of benzene rings is 1. The van der Waals surface area contributed by atoms with Crippen LogP contribution in [0.2, 0.25) is 4.47 Å². The third-order valence-corrected chi connectivity index (χ3v) is 6.48. The van der Waals surface area contributed by atoms with E-state index in [1.54, 1.807) is 0 Å². The van der Waals surface area contributed by atoms with Crippen molar-refractivity contribution < 1.29 is 8.42 Å². The number of aryl methyl sites for hydroxylation is 1. The number of hydrogen-bond acceptors (Lipinski definition) is 4. The van der Waals surface area contributed by atoms with Gasteiger partial charge in [-0.05, 0) is 18.1 Å². The van der Waals surface area contributed by atoms with Crippen LogP contribution in [0.1, 0.15) is 18.1 Å². The molecule has 0 aliphatic rings. The molecule has 2 rings (SSSR count). The van der Waals surface area contributed by atoms with Crippen LogP contribution in [0.5, 0.6) is 0 Å². The van der Waals surface area contributed by atoms with Gasteiger partial charge in [-0.3, -0.25) is 0 Å². The van der Waals surface area contributed by atoms with Crippen LogP contribution in [0.3, 0.4) is 0 Å². The van der Waals surface area contributed by atoms with Crippen molar-refractivity contribution in [2.45, 2.75) is 24.6 Å². The molecular formula is C13H15ClN2O2S2. The number of rotatable bonds is 5. The Hall–Kier alpha value is -0.950. The van der Waals surface area contributed by atoms with Crippen LogP contribution in [0.25, 0.3) is 0 Å². The molecule has 0 saturated heterocycles. The highest BCUT2D eigenvalue weighted by Crippen LogP contribution is 2.26. The first-order chi connectivity index (χ1) is 9.45. The van der Waals surface area contributed by atoms with Crippen molar-refractivity contribution in [3.8, 4) is 0 Å². The molecule has 0 spiro atoms. The minimum atomic E-state index is -3.54. The van der Waals surface area contributed by atoms with Crippen LogP contribution in [0, 0.1) is 6.92 Å². The fourth-order valence-corrected chi connectivity index (χ4v) is 4.71. The number of thiazole rings is 1. The van der Waals surface area contributed by atoms with Gasteiger partial charge in [0.2, 0.25) is 0 Å². The summed E-state index contributed by atoms with van der Waals surface area (Å²) in [4.78, 5) is 3.80. The van der Waals surface area contributed by atoms with Crippen molar-refractivity contribution in [2.75, 3.05) is 6.54 Å². The van der Waals surface area contributed by atoms with E-state index < -0.39 is 10.0 Å². The van der Waals surface area contributed by atoms with E-state index in [0.717, 1.165) is 22.5 Å². The Morgan fingerprint density at radius 1 is 1.35 bits per heavy atom. The zero-order chi connectivity index (χ0) is 14.8. The lowest BCUT2D eigenvalue weighted by molar-refractivity contribution is 0.424. The summed E-state index contributed by atoms with van der Waals surface area (Å²) in [6.07, 6.45) is 1.31. The quantitative estimate of drug-likeness (QED) is 0.845. The van der Waals surface area contributed by atoms with E-state index >= 15 is 0 Å². The zero-order valence-corrected chi connectivity index (χ0v) is 13.6. The second-order valence-corrected chi connectivity index (χ2v) is 8.07. The lowest BCUT2D eigenvalue weighted by atomic mass is 10.1. The van der Waals surface area contributed by atoms with Crippen molar-refractivity contribution in [1.29, 1.82) is 0 Å². The standard InChI is InChI=1S/C13H15ClN2O2S2/c1-3-16(9-11-7-5-4-6-10(11)2)20(17,18)12-8-15-13(14)19-12/h4-8H,3,9H2,1-2H3. The Labute approximate surface area is 128 Å². The van der Waals surface area contributed by atoms with Gasteiger partial charge >= 0.3 is 0 Å². The van der Waals surface area contributed by atoms with Crippen LogP contribution < -0.4 is 0 Å². The Morgan fingerprint density at radius 2 is 2.05 bits per heavy atom. The summed E-state index contributed by atoms with van der Waals surface area (Å²) in [6, 6.07) is 7.76. The first-order valence-corrected chi connectivity index (χ1v) is 8.74. The van der Waals surface area contributed by atoms with Gasteiger partial charge in [-0.2, -0.15) is 4.31 Å². The number of hydrogen-bond donors (Lipinski definition) is 0. The SMILES string of the molecule is CCN(Cc1ccccc1C)S(=O)(=O)c1cnc(Cl)s1. The molecule has 0 unspecified atom stereocenters. The summed E-state index contributed by atoms with van der Waals surface area (Å²) in [7, 11) is -3.54. The largest absolute Gasteiger partial charge is 0.254 e. The molecule has 0 atom stereocenters. The molecule has 7 heteroatoms. The lowest BCUT2D eigenvalue weighted by Crippen LogP contribution is -2.30. The smallest absolute Gasteiger partial charge is 0.232 e. The molecule has 0 aliphatic carbocycles. The molecule has 1 aromatic heterocycles. The summed E-state index contributed by atoms with van der Waals surface area (Å²) < 4.78 is 26.9. The summed E-state index contributed by atoms with van der Waals surface area (Å²) in [5.74, 6) is 0. The van der Waals surface area contributed by atoms with E-state index in [-0.39, 0.29) is 8.68 Å². The normalized spacial score (nSPS) is 12.0. The van der Waals surface area contributed by atoms with Gasteiger partial charge in [-0.1, -0.05) is 54.1 Å². The fourth-order valence-electron chi connectivity index (χ4n) is 1.83. The molecule has 0 aliphatic heterocycles. The third-order valence-electron chi connectivity index (χ3n) is 3.01. The van der Waals surface area contributed by atoms with Crippen LogP contribution in [0.4, 0.5) is 0 Å². The van der Waals surface area contributed by atoms with Crippen molar-refractivity contribution in [1.82, 2.24) is 9.29 Å². The number of nitrogens with zero attached hydrogens (tertiary/aromatic N) is 2. The van der Waals surface area contributed by atoms with Crippen LogP contribution in [-0.2, 0) is 16.6 Å². The second-order valence-electron chi connectivity index (χ2n) is 4.29. The summed E-state index contributed by atoms with van der Waals surface area (Å²) >= 11 is 6.70. The van der Waals surface area contributed by atoms with Crippen molar-refractivity contribution in [2.24, 2.45) is 0 Å². The molecule has 0 saturated carbocycles. The Balaban J connectivity index is 2.31. The molecule has 0 radical (unpaired) electrons. The molecule has 0 amide bonds. The maximum atomic E-state index is 12.5. The molecule has 0 N–H and O–H groups in total. The summed E-state index contributed by atoms with van der Waals surface area (Å²) in [5.41, 5.74) is 2.07. The minimum Gasteiger partial charge on any atom is -0.232 e. The highest BCUT2D eigenvalue weighted by Gasteiger charge is 2.25. The van der Waals surface area contributed by atoms with E-state index in [4.69, 9.17) is 11.6 Å². The van der Waals surface area contributed by atoms with E-state index in [9.17, 15) is 8.42 Å². The number of halogens is 1. The van der Waals surface area contributed by atoms with E-state index in [1.165, 1.54) is 10.5 Å². The Kier molecular flexibility index (Phi) is 4.80. The molecular weight excluding hydrogens is 316 g/mol. The predicted octanol–water partition coefficient (Wildman–Crippen LogP) is 3.32. The van der Waals surface area contributed by atoms with Gasteiger partial charge in [0.15, 0.2) is 8.68 Å². The monoisotopic (exact) mass is 330 g/mol. The molecule has 2 aromatic rings. The lowest BCUT2D eigenvalue weighted by Gasteiger charge is -2.20. The molecule has 108 valence electrons. The van der Waals surface area contributed by atoms with Crippen molar-refractivity contribution >= 4 is 33.0 Å². The third kappa shape index (κ3) is 3.20. The Bertz CT molecular complexity index is 698. The first kappa shape index (κ1) is 15.4. The second kappa shape index (κ2) is 6.22. The van der Waals surface area contributed by atoms with Gasteiger partial charge < -0.3 is 0 Å². The van der Waals surface area contributed by atoms with Gasteiger partial charge in [-0.25, -0.2) is 13.4 Å². The van der Waals surface area contributed by atoms with Gasteiger partial charge in [0.1, 0.15) is 0 Å². The molecule has 1 aromatic carbocycles. The van der Waals surface area contributed by atoms with Gasteiger partial charge in [0.25, 0.3) is 10.0 Å². The van der Waals surface area contributed by atoms with E-state index in [0.29, 0.717) is 13.1 Å². The van der Waals surface area contributed by atoms with Crippen LogP contribution in [-0.4, -0.2) is 24.3 Å². The van der Waals surface area contributed by atoms with Gasteiger partial charge in [0, 0.05) is 13.1 Å². The molecule has 4 nitrogen and oxygen atoms in total. The molecule has 0 fully saturated rings. The molecule has 0 bridgehead atoms. The fraction of sp³-hybridized carbons (Fsp3) is 0.308. The van der Waals surface area contributed by atoms with E-state index in [2.05, 4.69) is 4.98 Å². The van der Waals surface area contributed by atoms with Crippen molar-refractivity contribution in [3.63, 3.8) is 0 Å². The average Bonchev–Trinajstić information content (AvgIpc) is 2.85. The van der Waals surface area contributed by atoms with E-state index in [1.807, 2.05) is 38.1 Å². The summed E-state index contributed by atoms with van der Waals surface area (Å²) in [5, 5.41) is 0. The Morgan fingerprint density at radius 3 is 2.60 bits per heavy atom. The van der Waals surface area contributed by atoms with Crippen LogP contribution in [0.15, 0.2) is 34.7 Å². The highest BCUT2D eigenvalue weighted by atomic mass is 35.5. The van der Waals surface area contributed by atoms with Crippen molar-refractivity contribution in [3.05, 3.63) is 46.1 Å². The highest BCUT2D eigenvalue weighted by molar-refractivity contribution is 7.91. The van der Waals surface area contributed by atoms with Crippen LogP contribution >= 0.6 is 22.9 Å². The summed E-state index contributed by atoms with van der Waals surface area (Å²) in [6.45, 7) is 4.53.